The van der Waals surface area contributed by atoms with Crippen molar-refractivity contribution in [3.8, 4) is 0 Å². The summed E-state index contributed by atoms with van der Waals surface area (Å²) < 4.78 is 13.0. The number of rotatable bonds is 3. The summed E-state index contributed by atoms with van der Waals surface area (Å²) in [6.07, 6.45) is 0. The summed E-state index contributed by atoms with van der Waals surface area (Å²) in [4.78, 5) is 0. The van der Waals surface area contributed by atoms with Gasteiger partial charge in [-0.2, -0.15) is 11.8 Å². The molecular weight excluding hydrogens is 269 g/mol. The van der Waals surface area contributed by atoms with Gasteiger partial charge in [-0.1, -0.05) is 36.4 Å². The summed E-state index contributed by atoms with van der Waals surface area (Å²) in [5.41, 5.74) is 3.95. The lowest BCUT2D eigenvalue weighted by molar-refractivity contribution is 0.495. The standard InChI is InChI=1S/C17H18FNS/c1-12(13-6-8-15(18)9-7-13)19-17-11-20-10-14-4-2-3-5-16(14)17/h2-9,12,17,19H,10-11H2,1H3/t12-,17?/m1/s1. The first-order chi connectivity index (χ1) is 9.74. The van der Waals surface area contributed by atoms with Gasteiger partial charge in [-0.3, -0.25) is 0 Å². The van der Waals surface area contributed by atoms with E-state index in [1.54, 1.807) is 0 Å². The average molecular weight is 287 g/mol. The Morgan fingerprint density at radius 1 is 1.15 bits per heavy atom. The summed E-state index contributed by atoms with van der Waals surface area (Å²) in [6.45, 7) is 2.13. The second-order valence-corrected chi connectivity index (χ2v) is 6.24. The molecular formula is C17H18FNS. The second-order valence-electron chi connectivity index (χ2n) is 5.21. The fourth-order valence-electron chi connectivity index (χ4n) is 2.67. The molecule has 20 heavy (non-hydrogen) atoms. The van der Waals surface area contributed by atoms with Gasteiger partial charge in [0.1, 0.15) is 5.82 Å². The summed E-state index contributed by atoms with van der Waals surface area (Å²) >= 11 is 1.96. The lowest BCUT2D eigenvalue weighted by atomic mass is 10.00. The third kappa shape index (κ3) is 2.89. The van der Waals surface area contributed by atoms with Crippen molar-refractivity contribution in [2.75, 3.05) is 5.75 Å². The molecule has 0 amide bonds. The molecule has 0 radical (unpaired) electrons. The third-order valence-electron chi connectivity index (χ3n) is 3.79. The van der Waals surface area contributed by atoms with Gasteiger partial charge in [-0.25, -0.2) is 4.39 Å². The minimum absolute atomic E-state index is 0.181. The molecule has 2 atom stereocenters. The molecule has 0 aromatic heterocycles. The molecule has 1 aliphatic rings. The van der Waals surface area contributed by atoms with Gasteiger partial charge in [0, 0.05) is 23.6 Å². The summed E-state index contributed by atoms with van der Waals surface area (Å²) in [6, 6.07) is 16.0. The summed E-state index contributed by atoms with van der Waals surface area (Å²) in [7, 11) is 0. The van der Waals surface area contributed by atoms with Crippen molar-refractivity contribution in [2.24, 2.45) is 0 Å². The van der Waals surface area contributed by atoms with Gasteiger partial charge in [-0.15, -0.1) is 0 Å². The van der Waals surface area contributed by atoms with Crippen LogP contribution in [0.25, 0.3) is 0 Å². The van der Waals surface area contributed by atoms with E-state index in [4.69, 9.17) is 0 Å². The van der Waals surface area contributed by atoms with Crippen molar-refractivity contribution in [3.63, 3.8) is 0 Å². The van der Waals surface area contributed by atoms with Crippen LogP contribution in [-0.4, -0.2) is 5.75 Å². The summed E-state index contributed by atoms with van der Waals surface area (Å²) in [5, 5.41) is 3.67. The van der Waals surface area contributed by atoms with Crippen LogP contribution in [0.1, 0.15) is 35.7 Å². The van der Waals surface area contributed by atoms with E-state index < -0.39 is 0 Å². The number of benzene rings is 2. The zero-order valence-electron chi connectivity index (χ0n) is 11.5. The minimum Gasteiger partial charge on any atom is -0.303 e. The first kappa shape index (κ1) is 13.7. The van der Waals surface area contributed by atoms with Gasteiger partial charge in [0.2, 0.25) is 0 Å². The number of hydrogen-bond acceptors (Lipinski definition) is 2. The van der Waals surface area contributed by atoms with Crippen molar-refractivity contribution in [2.45, 2.75) is 24.8 Å². The van der Waals surface area contributed by atoms with Crippen LogP contribution in [-0.2, 0) is 5.75 Å². The lowest BCUT2D eigenvalue weighted by Crippen LogP contribution is -2.29. The number of hydrogen-bond donors (Lipinski definition) is 1. The number of thioether (sulfide) groups is 1. The predicted octanol–water partition coefficient (Wildman–Crippen LogP) is 4.46. The zero-order valence-corrected chi connectivity index (χ0v) is 12.3. The Hall–Kier alpha value is -1.32. The highest BCUT2D eigenvalue weighted by Crippen LogP contribution is 2.33. The SMILES string of the molecule is C[C@@H](NC1CSCc2ccccc21)c1ccc(F)cc1. The Morgan fingerprint density at radius 2 is 1.90 bits per heavy atom. The van der Waals surface area contributed by atoms with Gasteiger partial charge >= 0.3 is 0 Å². The van der Waals surface area contributed by atoms with Crippen molar-refractivity contribution < 1.29 is 4.39 Å². The number of halogens is 1. The number of fused-ring (bicyclic) bond motifs is 1. The van der Waals surface area contributed by atoms with E-state index in [0.29, 0.717) is 6.04 Å². The Balaban J connectivity index is 1.77. The van der Waals surface area contributed by atoms with Gasteiger partial charge in [0.25, 0.3) is 0 Å². The topological polar surface area (TPSA) is 12.0 Å². The van der Waals surface area contributed by atoms with Gasteiger partial charge < -0.3 is 5.32 Å². The molecule has 3 rings (SSSR count). The lowest BCUT2D eigenvalue weighted by Gasteiger charge is -2.29. The van der Waals surface area contributed by atoms with Crippen molar-refractivity contribution in [3.05, 3.63) is 71.0 Å². The molecule has 0 saturated carbocycles. The molecule has 0 saturated heterocycles. The first-order valence-corrected chi connectivity index (χ1v) is 8.06. The molecule has 2 aromatic rings. The van der Waals surface area contributed by atoms with Crippen LogP contribution in [0.2, 0.25) is 0 Å². The largest absolute Gasteiger partial charge is 0.303 e. The molecule has 1 unspecified atom stereocenters. The average Bonchev–Trinajstić information content (AvgIpc) is 2.48. The van der Waals surface area contributed by atoms with Crippen LogP contribution >= 0.6 is 11.8 Å². The monoisotopic (exact) mass is 287 g/mol. The molecule has 1 aliphatic heterocycles. The van der Waals surface area contributed by atoms with Crippen LogP contribution in [0.3, 0.4) is 0 Å². The normalized spacial score (nSPS) is 19.4. The highest BCUT2D eigenvalue weighted by Gasteiger charge is 2.21. The highest BCUT2D eigenvalue weighted by molar-refractivity contribution is 7.98. The predicted molar refractivity (Wildman–Crippen MR) is 83.3 cm³/mol. The molecule has 2 aromatic carbocycles. The van der Waals surface area contributed by atoms with Crippen LogP contribution in [0.15, 0.2) is 48.5 Å². The highest BCUT2D eigenvalue weighted by atomic mass is 32.2. The molecule has 1 heterocycles. The maximum absolute atomic E-state index is 13.0. The van der Waals surface area contributed by atoms with E-state index in [0.717, 1.165) is 17.1 Å². The Kier molecular flexibility index (Phi) is 4.08. The van der Waals surface area contributed by atoms with Crippen LogP contribution < -0.4 is 5.32 Å². The van der Waals surface area contributed by atoms with Gasteiger partial charge in [0.05, 0.1) is 0 Å². The van der Waals surface area contributed by atoms with Gasteiger partial charge in [-0.05, 0) is 35.7 Å². The van der Waals surface area contributed by atoms with E-state index in [1.807, 2.05) is 23.9 Å². The molecule has 0 bridgehead atoms. The van der Waals surface area contributed by atoms with Crippen molar-refractivity contribution >= 4 is 11.8 Å². The Morgan fingerprint density at radius 3 is 2.70 bits per heavy atom. The van der Waals surface area contributed by atoms with E-state index in [1.165, 1.54) is 23.3 Å². The van der Waals surface area contributed by atoms with E-state index in [9.17, 15) is 4.39 Å². The molecule has 1 N–H and O–H groups in total. The number of nitrogens with one attached hydrogen (secondary N) is 1. The smallest absolute Gasteiger partial charge is 0.123 e. The first-order valence-electron chi connectivity index (χ1n) is 6.91. The molecule has 0 spiro atoms. The summed E-state index contributed by atoms with van der Waals surface area (Å²) in [5.74, 6) is 2.00. The zero-order chi connectivity index (χ0) is 13.9. The maximum atomic E-state index is 13.0. The fraction of sp³-hybridized carbons (Fsp3) is 0.294. The Labute approximate surface area is 123 Å². The molecule has 3 heteroatoms. The quantitative estimate of drug-likeness (QED) is 0.894. The van der Waals surface area contributed by atoms with E-state index >= 15 is 0 Å². The second kappa shape index (κ2) is 5.98. The van der Waals surface area contributed by atoms with E-state index in [2.05, 4.69) is 36.5 Å². The molecule has 1 nitrogen and oxygen atoms in total. The molecule has 104 valence electrons. The molecule has 0 fully saturated rings. The van der Waals surface area contributed by atoms with Crippen molar-refractivity contribution in [1.29, 1.82) is 0 Å². The Bertz CT molecular complexity index is 582. The van der Waals surface area contributed by atoms with Crippen LogP contribution in [0.4, 0.5) is 4.39 Å². The van der Waals surface area contributed by atoms with Crippen molar-refractivity contribution in [1.82, 2.24) is 5.32 Å². The minimum atomic E-state index is -0.181. The third-order valence-corrected chi connectivity index (χ3v) is 4.88. The fourth-order valence-corrected chi connectivity index (χ4v) is 3.78. The maximum Gasteiger partial charge on any atom is 0.123 e. The van der Waals surface area contributed by atoms with Crippen LogP contribution in [0.5, 0.6) is 0 Å². The van der Waals surface area contributed by atoms with Gasteiger partial charge in [0.15, 0.2) is 0 Å². The van der Waals surface area contributed by atoms with E-state index in [-0.39, 0.29) is 11.9 Å². The molecule has 0 aliphatic carbocycles. The van der Waals surface area contributed by atoms with Crippen LogP contribution in [0, 0.1) is 5.82 Å².